The normalized spacial score (nSPS) is 17.8. The lowest BCUT2D eigenvalue weighted by molar-refractivity contribution is -0.136. The second-order valence-corrected chi connectivity index (χ2v) is 12.9. The number of hydrogen-bond donors (Lipinski definition) is 1. The van der Waals surface area contributed by atoms with E-state index in [-0.39, 0.29) is 44.9 Å². The molecule has 0 bridgehead atoms. The van der Waals surface area contributed by atoms with E-state index < -0.39 is 11.9 Å². The van der Waals surface area contributed by atoms with E-state index in [1.165, 1.54) is 32.1 Å². The Kier molecular flexibility index (Phi) is 9.05. The molecule has 6 rings (SSSR count). The van der Waals surface area contributed by atoms with Crippen molar-refractivity contribution in [3.63, 3.8) is 0 Å². The molecule has 0 unspecified atom stereocenters. The Morgan fingerprint density at radius 2 is 1.80 bits per heavy atom. The number of rotatable bonds is 8. The van der Waals surface area contributed by atoms with Gasteiger partial charge in [-0.25, -0.2) is 4.98 Å². The smallest absolute Gasteiger partial charge is 0.287 e. The van der Waals surface area contributed by atoms with Crippen molar-refractivity contribution in [1.82, 2.24) is 25.0 Å². The maximum absolute atomic E-state index is 14.1. The number of aromatic nitrogens is 3. The van der Waals surface area contributed by atoms with Crippen LogP contribution >= 0.6 is 23.2 Å². The molecule has 44 heavy (non-hydrogen) atoms. The number of carbonyl (C=O) groups is 2. The third-order valence-corrected chi connectivity index (χ3v) is 9.92. The van der Waals surface area contributed by atoms with Crippen LogP contribution in [0, 0.1) is 11.3 Å². The van der Waals surface area contributed by atoms with Gasteiger partial charge >= 0.3 is 0 Å². The maximum Gasteiger partial charge on any atom is 0.287 e. The molecule has 4 aromatic rings. The van der Waals surface area contributed by atoms with Gasteiger partial charge in [0.2, 0.25) is 5.91 Å². The number of piperidine rings is 1. The molecule has 1 saturated carbocycles. The second-order valence-electron chi connectivity index (χ2n) is 12.1. The first-order chi connectivity index (χ1) is 21.3. The number of likely N-dealkylation sites (tertiary alicyclic amines) is 1. The summed E-state index contributed by atoms with van der Waals surface area (Å²) in [6, 6.07) is 12.3. The van der Waals surface area contributed by atoms with Gasteiger partial charge in [-0.1, -0.05) is 60.7 Å². The van der Waals surface area contributed by atoms with Gasteiger partial charge in [0.05, 0.1) is 10.4 Å². The van der Waals surface area contributed by atoms with Crippen molar-refractivity contribution < 1.29 is 14.0 Å². The molecule has 2 fully saturated rings. The Morgan fingerprint density at radius 1 is 1.05 bits per heavy atom. The van der Waals surface area contributed by atoms with Gasteiger partial charge in [0.15, 0.2) is 16.8 Å². The Morgan fingerprint density at radius 3 is 2.50 bits per heavy atom. The molecule has 1 N–H and O–H groups in total. The van der Waals surface area contributed by atoms with Gasteiger partial charge in [0.1, 0.15) is 18.7 Å². The first-order valence-electron chi connectivity index (χ1n) is 15.2. The monoisotopic (exact) mass is 635 g/mol. The van der Waals surface area contributed by atoms with Gasteiger partial charge in [-0.2, -0.15) is 5.10 Å². The van der Waals surface area contributed by atoms with E-state index in [2.05, 4.69) is 15.4 Å². The molecule has 0 spiro atoms. The Bertz CT molecular complexity index is 1670. The number of hydrogen-bond acceptors (Lipinski definition) is 6. The van der Waals surface area contributed by atoms with Crippen molar-refractivity contribution >= 4 is 46.0 Å². The van der Waals surface area contributed by atoms with Gasteiger partial charge in [0, 0.05) is 37.1 Å². The number of halogens is 2. The van der Waals surface area contributed by atoms with E-state index in [1.807, 2.05) is 21.7 Å². The fourth-order valence-electron chi connectivity index (χ4n) is 6.98. The van der Waals surface area contributed by atoms with Gasteiger partial charge in [-0.3, -0.25) is 19.1 Å². The fourth-order valence-corrected chi connectivity index (χ4v) is 7.32. The zero-order chi connectivity index (χ0) is 30.7. The van der Waals surface area contributed by atoms with Gasteiger partial charge < -0.3 is 14.6 Å². The number of nitrogens with zero attached hydrogens (tertiary/aromatic N) is 4. The molecule has 1 aliphatic carbocycles. The van der Waals surface area contributed by atoms with E-state index in [0.29, 0.717) is 24.0 Å². The van der Waals surface area contributed by atoms with Gasteiger partial charge in [0.25, 0.3) is 5.91 Å². The highest BCUT2D eigenvalue weighted by Crippen LogP contribution is 2.47. The summed E-state index contributed by atoms with van der Waals surface area (Å²) in [5.41, 5.74) is 0.626. The molecule has 230 valence electrons. The third kappa shape index (κ3) is 6.54. The van der Waals surface area contributed by atoms with Crippen LogP contribution in [0.25, 0.3) is 11.0 Å². The summed E-state index contributed by atoms with van der Waals surface area (Å²) < 4.78 is 7.70. The molecule has 11 heteroatoms. The van der Waals surface area contributed by atoms with Crippen molar-refractivity contribution in [3.05, 3.63) is 92.8 Å². The Labute approximate surface area is 265 Å². The van der Waals surface area contributed by atoms with Crippen LogP contribution in [0.3, 0.4) is 0 Å². The Hall–Kier alpha value is -3.69. The largest absolute Gasteiger partial charge is 0.449 e. The van der Waals surface area contributed by atoms with Gasteiger partial charge in [-0.15, -0.1) is 0 Å². The Balaban J connectivity index is 1.23. The average Bonchev–Trinajstić information content (AvgIpc) is 3.55. The van der Waals surface area contributed by atoms with Crippen molar-refractivity contribution in [2.75, 3.05) is 13.1 Å². The number of nitrogens with one attached hydrogen (secondary N) is 1. The quantitative estimate of drug-likeness (QED) is 0.257. The van der Waals surface area contributed by atoms with Crippen LogP contribution in [-0.4, -0.2) is 50.6 Å². The zero-order valence-corrected chi connectivity index (χ0v) is 25.9. The summed E-state index contributed by atoms with van der Waals surface area (Å²) in [5, 5.41) is 8.36. The molecule has 3 heterocycles. The molecule has 2 aromatic carbocycles. The summed E-state index contributed by atoms with van der Waals surface area (Å²) in [6.07, 6.45) is 11.4. The highest BCUT2D eigenvalue weighted by molar-refractivity contribution is 6.34. The summed E-state index contributed by atoms with van der Waals surface area (Å²) in [4.78, 5) is 46.4. The summed E-state index contributed by atoms with van der Waals surface area (Å²) in [7, 11) is 0. The highest BCUT2D eigenvalue weighted by Gasteiger charge is 2.44. The van der Waals surface area contributed by atoms with Crippen molar-refractivity contribution in [1.29, 1.82) is 0 Å². The van der Waals surface area contributed by atoms with Crippen molar-refractivity contribution in [3.8, 4) is 0 Å². The zero-order valence-electron chi connectivity index (χ0n) is 24.4. The summed E-state index contributed by atoms with van der Waals surface area (Å²) in [6.45, 7) is 1.95. The molecule has 1 aliphatic heterocycles. The predicted molar refractivity (Wildman–Crippen MR) is 169 cm³/mol. The van der Waals surface area contributed by atoms with E-state index in [0.717, 1.165) is 31.0 Å². The second kappa shape index (κ2) is 13.1. The first-order valence-corrected chi connectivity index (χ1v) is 16.0. The minimum absolute atomic E-state index is 0.0353. The van der Waals surface area contributed by atoms with Crippen molar-refractivity contribution in [2.45, 2.75) is 64.0 Å². The SMILES string of the molecule is O=C(N[C@H](Cc1ccc(Cl)cc1)C(=O)N1CCC(Cn2cncn2)(C2CCCCC2)CC1)c1cc(=O)c2cccc(Cl)c2o1. The lowest BCUT2D eigenvalue weighted by atomic mass is 9.63. The van der Waals surface area contributed by atoms with Crippen LogP contribution in [0.2, 0.25) is 10.0 Å². The molecule has 1 atom stereocenters. The molecular formula is C33H35Cl2N5O4. The van der Waals surface area contributed by atoms with Crippen LogP contribution in [0.15, 0.2) is 70.4 Å². The lowest BCUT2D eigenvalue weighted by Gasteiger charge is -2.48. The lowest BCUT2D eigenvalue weighted by Crippen LogP contribution is -2.54. The minimum atomic E-state index is -0.881. The molecule has 2 amide bonds. The highest BCUT2D eigenvalue weighted by atomic mass is 35.5. The molecular weight excluding hydrogens is 601 g/mol. The van der Waals surface area contributed by atoms with Gasteiger partial charge in [-0.05, 0) is 66.8 Å². The topological polar surface area (TPSA) is 110 Å². The number of fused-ring (bicyclic) bond motifs is 1. The van der Waals surface area contributed by atoms with E-state index in [1.54, 1.807) is 43.0 Å². The first kappa shape index (κ1) is 30.3. The average molecular weight is 637 g/mol. The van der Waals surface area contributed by atoms with Crippen LogP contribution in [0.1, 0.15) is 61.1 Å². The minimum Gasteiger partial charge on any atom is -0.449 e. The predicted octanol–water partition coefficient (Wildman–Crippen LogP) is 5.92. The van der Waals surface area contributed by atoms with E-state index in [4.69, 9.17) is 27.6 Å². The van der Waals surface area contributed by atoms with Crippen LogP contribution < -0.4 is 10.7 Å². The number of para-hydroxylation sites is 1. The molecule has 0 radical (unpaired) electrons. The summed E-state index contributed by atoms with van der Waals surface area (Å²) >= 11 is 12.4. The molecule has 2 aliphatic rings. The number of amides is 2. The number of benzene rings is 2. The van der Waals surface area contributed by atoms with E-state index in [9.17, 15) is 14.4 Å². The molecule has 9 nitrogen and oxygen atoms in total. The standard InChI is InChI=1S/C33H35Cl2N5O4/c34-24-11-9-22(10-12-24)17-27(38-31(42)29-18-28(41)25-7-4-8-26(35)30(25)44-29)32(43)39-15-13-33(14-16-39,19-40-21-36-20-37-40)23-5-2-1-3-6-23/h4,7-12,18,20-21,23,27H,1-3,5-6,13-17,19H2,(H,38,42)/t27-/m1/s1. The third-order valence-electron chi connectivity index (χ3n) is 9.37. The summed E-state index contributed by atoms with van der Waals surface area (Å²) in [5.74, 6) is -0.458. The van der Waals surface area contributed by atoms with Crippen LogP contribution in [0.5, 0.6) is 0 Å². The maximum atomic E-state index is 14.1. The fraction of sp³-hybridized carbons (Fsp3) is 0.424. The number of carbonyl (C=O) groups excluding carboxylic acids is 2. The molecule has 1 saturated heterocycles. The molecule has 2 aromatic heterocycles. The van der Waals surface area contributed by atoms with Crippen LogP contribution in [0.4, 0.5) is 0 Å². The van der Waals surface area contributed by atoms with Crippen LogP contribution in [-0.2, 0) is 17.8 Å². The van der Waals surface area contributed by atoms with E-state index >= 15 is 0 Å². The van der Waals surface area contributed by atoms with Crippen molar-refractivity contribution in [2.24, 2.45) is 11.3 Å².